The van der Waals surface area contributed by atoms with E-state index in [1.165, 1.54) is 0 Å². The summed E-state index contributed by atoms with van der Waals surface area (Å²) < 4.78 is 11.8. The highest BCUT2D eigenvalue weighted by atomic mass is 35.5. The third kappa shape index (κ3) is 4.27. The van der Waals surface area contributed by atoms with Gasteiger partial charge in [0.15, 0.2) is 0 Å². The van der Waals surface area contributed by atoms with E-state index in [1.54, 1.807) is 6.07 Å². The first kappa shape index (κ1) is 11.8. The van der Waals surface area contributed by atoms with E-state index in [0.717, 1.165) is 5.56 Å². The van der Waals surface area contributed by atoms with Crippen LogP contribution >= 0.6 is 23.2 Å². The van der Waals surface area contributed by atoms with Crippen LogP contribution in [0.2, 0.25) is 10.0 Å². The molecule has 0 unspecified atom stereocenters. The van der Waals surface area contributed by atoms with Crippen LogP contribution in [0.1, 0.15) is 12.0 Å². The predicted molar refractivity (Wildman–Crippen MR) is 58.8 cm³/mol. The SMILES string of the molecule is FCCCNCc1cc(Cl)cc(Cl)c1. The highest BCUT2D eigenvalue weighted by Gasteiger charge is 1.97. The topological polar surface area (TPSA) is 12.0 Å². The Morgan fingerprint density at radius 2 is 1.79 bits per heavy atom. The van der Waals surface area contributed by atoms with Crippen molar-refractivity contribution in [1.29, 1.82) is 0 Å². The van der Waals surface area contributed by atoms with Crippen LogP contribution < -0.4 is 5.32 Å². The van der Waals surface area contributed by atoms with E-state index in [4.69, 9.17) is 23.2 Å². The molecule has 0 fully saturated rings. The second kappa shape index (κ2) is 6.23. The van der Waals surface area contributed by atoms with Gasteiger partial charge in [-0.15, -0.1) is 0 Å². The fourth-order valence-corrected chi connectivity index (χ4v) is 1.71. The summed E-state index contributed by atoms with van der Waals surface area (Å²) in [5.41, 5.74) is 1.02. The average Bonchev–Trinajstić information content (AvgIpc) is 2.11. The summed E-state index contributed by atoms with van der Waals surface area (Å²) in [4.78, 5) is 0. The molecule has 4 heteroatoms. The molecular formula is C10H12Cl2FN. The summed E-state index contributed by atoms with van der Waals surface area (Å²) in [7, 11) is 0. The fraction of sp³-hybridized carbons (Fsp3) is 0.400. The van der Waals surface area contributed by atoms with Gasteiger partial charge in [0.25, 0.3) is 0 Å². The minimum Gasteiger partial charge on any atom is -0.313 e. The van der Waals surface area contributed by atoms with Gasteiger partial charge in [0, 0.05) is 16.6 Å². The van der Waals surface area contributed by atoms with Gasteiger partial charge in [-0.1, -0.05) is 23.2 Å². The van der Waals surface area contributed by atoms with Crippen LogP contribution in [0.5, 0.6) is 0 Å². The molecule has 0 aromatic heterocycles. The molecule has 0 aliphatic rings. The molecule has 0 spiro atoms. The Balaban J connectivity index is 2.42. The highest BCUT2D eigenvalue weighted by Crippen LogP contribution is 2.18. The van der Waals surface area contributed by atoms with E-state index >= 15 is 0 Å². The number of hydrogen-bond acceptors (Lipinski definition) is 1. The van der Waals surface area contributed by atoms with Crippen molar-refractivity contribution in [3.05, 3.63) is 33.8 Å². The lowest BCUT2D eigenvalue weighted by Crippen LogP contribution is -2.15. The van der Waals surface area contributed by atoms with Gasteiger partial charge in [-0.25, -0.2) is 0 Å². The van der Waals surface area contributed by atoms with Crippen molar-refractivity contribution in [2.75, 3.05) is 13.2 Å². The number of alkyl halides is 1. The van der Waals surface area contributed by atoms with Gasteiger partial charge in [-0.3, -0.25) is 4.39 Å². The first-order chi connectivity index (χ1) is 6.72. The number of benzene rings is 1. The zero-order chi connectivity index (χ0) is 10.4. The normalized spacial score (nSPS) is 10.5. The van der Waals surface area contributed by atoms with Crippen molar-refractivity contribution < 1.29 is 4.39 Å². The summed E-state index contributed by atoms with van der Waals surface area (Å²) in [5, 5.41) is 4.35. The molecule has 0 radical (unpaired) electrons. The summed E-state index contributed by atoms with van der Waals surface area (Å²) in [6.07, 6.45) is 0.536. The van der Waals surface area contributed by atoms with Crippen LogP contribution in [0.15, 0.2) is 18.2 Å². The molecule has 0 heterocycles. The van der Waals surface area contributed by atoms with Crippen LogP contribution in [0, 0.1) is 0 Å². The first-order valence-corrected chi connectivity index (χ1v) is 5.19. The number of halogens is 3. The maximum Gasteiger partial charge on any atom is 0.0906 e. The number of hydrogen-bond donors (Lipinski definition) is 1. The van der Waals surface area contributed by atoms with E-state index in [9.17, 15) is 4.39 Å². The van der Waals surface area contributed by atoms with Crippen molar-refractivity contribution in [1.82, 2.24) is 5.32 Å². The lowest BCUT2D eigenvalue weighted by Gasteiger charge is -2.04. The van der Waals surface area contributed by atoms with E-state index in [1.807, 2.05) is 12.1 Å². The summed E-state index contributed by atoms with van der Waals surface area (Å²) in [5.74, 6) is 0. The van der Waals surface area contributed by atoms with E-state index < -0.39 is 0 Å². The van der Waals surface area contributed by atoms with Crippen molar-refractivity contribution in [3.8, 4) is 0 Å². The predicted octanol–water partition coefficient (Wildman–Crippen LogP) is 3.44. The van der Waals surface area contributed by atoms with Crippen molar-refractivity contribution in [2.45, 2.75) is 13.0 Å². The molecule has 78 valence electrons. The first-order valence-electron chi connectivity index (χ1n) is 4.44. The molecular weight excluding hydrogens is 224 g/mol. The molecule has 1 N–H and O–H groups in total. The lowest BCUT2D eigenvalue weighted by atomic mass is 10.2. The number of nitrogens with one attached hydrogen (secondary N) is 1. The van der Waals surface area contributed by atoms with Crippen molar-refractivity contribution >= 4 is 23.2 Å². The quantitative estimate of drug-likeness (QED) is 0.772. The maximum atomic E-state index is 11.8. The molecule has 0 atom stereocenters. The molecule has 0 amide bonds. The van der Waals surface area contributed by atoms with Crippen LogP contribution in [0.25, 0.3) is 0 Å². The van der Waals surface area contributed by atoms with Crippen LogP contribution in [-0.4, -0.2) is 13.2 Å². The molecule has 0 saturated carbocycles. The summed E-state index contributed by atoms with van der Waals surface area (Å²) in [6, 6.07) is 5.37. The second-order valence-corrected chi connectivity index (χ2v) is 3.87. The van der Waals surface area contributed by atoms with Crippen LogP contribution in [0.3, 0.4) is 0 Å². The smallest absolute Gasteiger partial charge is 0.0906 e. The van der Waals surface area contributed by atoms with E-state index in [2.05, 4.69) is 5.32 Å². The maximum absolute atomic E-state index is 11.8. The van der Waals surface area contributed by atoms with Gasteiger partial charge in [-0.2, -0.15) is 0 Å². The zero-order valence-corrected chi connectivity index (χ0v) is 9.21. The fourth-order valence-electron chi connectivity index (χ4n) is 1.14. The third-order valence-electron chi connectivity index (χ3n) is 1.74. The Morgan fingerprint density at radius 3 is 2.36 bits per heavy atom. The average molecular weight is 236 g/mol. The lowest BCUT2D eigenvalue weighted by molar-refractivity contribution is 0.459. The molecule has 0 aliphatic carbocycles. The van der Waals surface area contributed by atoms with Gasteiger partial charge in [0.05, 0.1) is 6.67 Å². The third-order valence-corrected chi connectivity index (χ3v) is 2.18. The minimum atomic E-state index is -0.288. The molecule has 1 aromatic carbocycles. The second-order valence-electron chi connectivity index (χ2n) is 3.00. The summed E-state index contributed by atoms with van der Waals surface area (Å²) in [6.45, 7) is 1.05. The molecule has 0 bridgehead atoms. The van der Waals surface area contributed by atoms with Crippen molar-refractivity contribution in [2.24, 2.45) is 0 Å². The van der Waals surface area contributed by atoms with Gasteiger partial charge in [0.2, 0.25) is 0 Å². The largest absolute Gasteiger partial charge is 0.313 e. The Labute approximate surface area is 93.2 Å². The molecule has 1 nitrogen and oxygen atoms in total. The van der Waals surface area contributed by atoms with Gasteiger partial charge in [-0.05, 0) is 36.7 Å². The Morgan fingerprint density at radius 1 is 1.14 bits per heavy atom. The van der Waals surface area contributed by atoms with Crippen LogP contribution in [0.4, 0.5) is 4.39 Å². The Bertz CT molecular complexity index is 271. The minimum absolute atomic E-state index is 0.288. The van der Waals surface area contributed by atoms with Crippen molar-refractivity contribution in [3.63, 3.8) is 0 Å². The molecule has 0 saturated heterocycles. The van der Waals surface area contributed by atoms with E-state index in [-0.39, 0.29) is 6.67 Å². The monoisotopic (exact) mass is 235 g/mol. The standard InChI is InChI=1S/C10H12Cl2FN/c11-9-4-8(5-10(12)6-9)7-14-3-1-2-13/h4-6,14H,1-3,7H2. The Kier molecular flexibility index (Phi) is 5.23. The highest BCUT2D eigenvalue weighted by molar-refractivity contribution is 6.34. The van der Waals surface area contributed by atoms with Crippen LogP contribution in [-0.2, 0) is 6.54 Å². The van der Waals surface area contributed by atoms with Gasteiger partial charge in [0.1, 0.15) is 0 Å². The van der Waals surface area contributed by atoms with Gasteiger partial charge < -0.3 is 5.32 Å². The van der Waals surface area contributed by atoms with Gasteiger partial charge >= 0.3 is 0 Å². The molecule has 1 aromatic rings. The molecule has 14 heavy (non-hydrogen) atoms. The molecule has 0 aliphatic heterocycles. The summed E-state index contributed by atoms with van der Waals surface area (Å²) >= 11 is 11.6. The zero-order valence-electron chi connectivity index (χ0n) is 7.69. The number of rotatable bonds is 5. The van der Waals surface area contributed by atoms with E-state index in [0.29, 0.717) is 29.6 Å². The Hall–Kier alpha value is -0.310. The molecule has 1 rings (SSSR count).